The van der Waals surface area contributed by atoms with E-state index in [-0.39, 0.29) is 6.04 Å². The van der Waals surface area contributed by atoms with Crippen LogP contribution in [0.3, 0.4) is 0 Å². The van der Waals surface area contributed by atoms with E-state index in [4.69, 9.17) is 23.2 Å². The van der Waals surface area contributed by atoms with Gasteiger partial charge in [0, 0.05) is 18.8 Å². The standard InChI is InChI=1S/C14H17Cl2N3/c1-3-19-9-10(8-18-19)6-14(17-2)11-4-5-12(15)13(16)7-11/h4-5,7-9,14,17H,3,6H2,1-2H3. The van der Waals surface area contributed by atoms with Crippen LogP contribution in [0.15, 0.2) is 30.6 Å². The molecule has 3 nitrogen and oxygen atoms in total. The van der Waals surface area contributed by atoms with Crippen LogP contribution in [-0.4, -0.2) is 16.8 Å². The monoisotopic (exact) mass is 297 g/mol. The van der Waals surface area contributed by atoms with Crippen LogP contribution in [0.1, 0.15) is 24.1 Å². The van der Waals surface area contributed by atoms with Gasteiger partial charge in [0.15, 0.2) is 0 Å². The molecule has 1 heterocycles. The van der Waals surface area contributed by atoms with Gasteiger partial charge in [-0.2, -0.15) is 5.10 Å². The van der Waals surface area contributed by atoms with Gasteiger partial charge in [0.2, 0.25) is 0 Å². The molecule has 1 unspecified atom stereocenters. The molecule has 1 aromatic heterocycles. The van der Waals surface area contributed by atoms with Crippen LogP contribution in [0.5, 0.6) is 0 Å². The predicted octanol–water partition coefficient (Wildman–Crippen LogP) is 3.71. The number of hydrogen-bond donors (Lipinski definition) is 1. The third kappa shape index (κ3) is 3.50. The maximum atomic E-state index is 6.07. The van der Waals surface area contributed by atoms with E-state index in [0.29, 0.717) is 10.0 Å². The van der Waals surface area contributed by atoms with Crippen molar-refractivity contribution >= 4 is 23.2 Å². The summed E-state index contributed by atoms with van der Waals surface area (Å²) in [5.41, 5.74) is 2.33. The smallest absolute Gasteiger partial charge is 0.0595 e. The van der Waals surface area contributed by atoms with Crippen molar-refractivity contribution in [2.24, 2.45) is 0 Å². The van der Waals surface area contributed by atoms with Gasteiger partial charge in [0.05, 0.1) is 16.2 Å². The van der Waals surface area contributed by atoms with Crippen LogP contribution in [0.25, 0.3) is 0 Å². The molecular weight excluding hydrogens is 281 g/mol. The lowest BCUT2D eigenvalue weighted by atomic mass is 10.0. The lowest BCUT2D eigenvalue weighted by Gasteiger charge is -2.16. The molecule has 0 aliphatic carbocycles. The van der Waals surface area contributed by atoms with Gasteiger partial charge < -0.3 is 5.32 Å². The molecule has 102 valence electrons. The first-order chi connectivity index (χ1) is 9.13. The van der Waals surface area contributed by atoms with Gasteiger partial charge >= 0.3 is 0 Å². The molecular formula is C14H17Cl2N3. The summed E-state index contributed by atoms with van der Waals surface area (Å²) in [5.74, 6) is 0. The van der Waals surface area contributed by atoms with Crippen molar-refractivity contribution in [3.8, 4) is 0 Å². The van der Waals surface area contributed by atoms with Crippen LogP contribution >= 0.6 is 23.2 Å². The molecule has 19 heavy (non-hydrogen) atoms. The van der Waals surface area contributed by atoms with Crippen LogP contribution in [0.4, 0.5) is 0 Å². The first kappa shape index (κ1) is 14.4. The van der Waals surface area contributed by atoms with E-state index < -0.39 is 0 Å². The number of halogens is 2. The lowest BCUT2D eigenvalue weighted by Crippen LogP contribution is -2.18. The molecule has 1 N–H and O–H groups in total. The average Bonchev–Trinajstić information content (AvgIpc) is 2.87. The van der Waals surface area contributed by atoms with Crippen molar-refractivity contribution in [3.63, 3.8) is 0 Å². The van der Waals surface area contributed by atoms with Crippen molar-refractivity contribution in [2.75, 3.05) is 7.05 Å². The predicted molar refractivity (Wildman–Crippen MR) is 79.9 cm³/mol. The molecule has 0 aliphatic rings. The second-order valence-electron chi connectivity index (χ2n) is 4.42. The average molecular weight is 298 g/mol. The fraction of sp³-hybridized carbons (Fsp3) is 0.357. The zero-order chi connectivity index (χ0) is 13.8. The lowest BCUT2D eigenvalue weighted by molar-refractivity contribution is 0.591. The minimum Gasteiger partial charge on any atom is -0.313 e. The van der Waals surface area contributed by atoms with E-state index in [0.717, 1.165) is 18.5 Å². The van der Waals surface area contributed by atoms with E-state index in [1.54, 1.807) is 0 Å². The van der Waals surface area contributed by atoms with Crippen molar-refractivity contribution in [3.05, 3.63) is 51.8 Å². The van der Waals surface area contributed by atoms with Gasteiger partial charge in [-0.1, -0.05) is 29.3 Å². The molecule has 2 aromatic rings. The number of nitrogens with zero attached hydrogens (tertiary/aromatic N) is 2. The van der Waals surface area contributed by atoms with Crippen LogP contribution in [0.2, 0.25) is 10.0 Å². The number of likely N-dealkylation sites (N-methyl/N-ethyl adjacent to an activating group) is 1. The topological polar surface area (TPSA) is 29.9 Å². The summed E-state index contributed by atoms with van der Waals surface area (Å²) < 4.78 is 1.93. The summed E-state index contributed by atoms with van der Waals surface area (Å²) in [4.78, 5) is 0. The van der Waals surface area contributed by atoms with E-state index >= 15 is 0 Å². The summed E-state index contributed by atoms with van der Waals surface area (Å²) >= 11 is 12.0. The molecule has 0 spiro atoms. The van der Waals surface area contributed by atoms with Crippen LogP contribution in [0, 0.1) is 0 Å². The first-order valence-electron chi connectivity index (χ1n) is 6.27. The van der Waals surface area contributed by atoms with Gasteiger partial charge in [-0.15, -0.1) is 0 Å². The molecule has 2 rings (SSSR count). The Bertz CT molecular complexity index is 551. The van der Waals surface area contributed by atoms with Crippen molar-refractivity contribution in [2.45, 2.75) is 25.9 Å². The Morgan fingerprint density at radius 1 is 1.32 bits per heavy atom. The number of aryl methyl sites for hydroxylation is 1. The van der Waals surface area contributed by atoms with E-state index in [2.05, 4.69) is 23.5 Å². The van der Waals surface area contributed by atoms with Gasteiger partial charge in [0.1, 0.15) is 0 Å². The summed E-state index contributed by atoms with van der Waals surface area (Å²) in [6.07, 6.45) is 4.85. The highest BCUT2D eigenvalue weighted by atomic mass is 35.5. The zero-order valence-electron chi connectivity index (χ0n) is 11.0. The SMILES string of the molecule is CCn1cc(CC(NC)c2ccc(Cl)c(Cl)c2)cn1. The third-order valence-corrected chi connectivity index (χ3v) is 3.88. The number of hydrogen-bond acceptors (Lipinski definition) is 2. The quantitative estimate of drug-likeness (QED) is 0.912. The fourth-order valence-electron chi connectivity index (χ4n) is 2.04. The second kappa shape index (κ2) is 6.42. The highest BCUT2D eigenvalue weighted by Crippen LogP contribution is 2.27. The largest absolute Gasteiger partial charge is 0.313 e. The number of aromatic nitrogens is 2. The highest BCUT2D eigenvalue weighted by molar-refractivity contribution is 6.42. The number of nitrogens with one attached hydrogen (secondary N) is 1. The Morgan fingerprint density at radius 2 is 2.11 bits per heavy atom. The zero-order valence-corrected chi connectivity index (χ0v) is 12.5. The molecule has 0 bridgehead atoms. The Morgan fingerprint density at radius 3 is 2.68 bits per heavy atom. The summed E-state index contributed by atoms with van der Waals surface area (Å²) in [6, 6.07) is 5.94. The van der Waals surface area contributed by atoms with Crippen molar-refractivity contribution in [1.82, 2.24) is 15.1 Å². The van der Waals surface area contributed by atoms with Crippen molar-refractivity contribution < 1.29 is 0 Å². The molecule has 0 fully saturated rings. The number of rotatable bonds is 5. The van der Waals surface area contributed by atoms with E-state index in [1.807, 2.05) is 36.1 Å². The maximum Gasteiger partial charge on any atom is 0.0595 e. The first-order valence-corrected chi connectivity index (χ1v) is 7.03. The van der Waals surface area contributed by atoms with Gasteiger partial charge in [-0.25, -0.2) is 0 Å². The minimum atomic E-state index is 0.198. The molecule has 1 aromatic carbocycles. The Hall–Kier alpha value is -1.03. The molecule has 0 aliphatic heterocycles. The normalized spacial score (nSPS) is 12.6. The molecule has 0 amide bonds. The van der Waals surface area contributed by atoms with Gasteiger partial charge in [-0.3, -0.25) is 4.68 Å². The third-order valence-electron chi connectivity index (χ3n) is 3.15. The number of benzene rings is 1. The van der Waals surface area contributed by atoms with Gasteiger partial charge in [0.25, 0.3) is 0 Å². The van der Waals surface area contributed by atoms with E-state index in [1.165, 1.54) is 5.56 Å². The second-order valence-corrected chi connectivity index (χ2v) is 5.24. The molecule has 0 saturated heterocycles. The maximum absolute atomic E-state index is 6.07. The Balaban J connectivity index is 2.17. The minimum absolute atomic E-state index is 0.198. The van der Waals surface area contributed by atoms with Crippen LogP contribution < -0.4 is 5.32 Å². The van der Waals surface area contributed by atoms with Gasteiger partial charge in [-0.05, 0) is 43.7 Å². The van der Waals surface area contributed by atoms with Crippen LogP contribution in [-0.2, 0) is 13.0 Å². The summed E-state index contributed by atoms with van der Waals surface area (Å²) in [6.45, 7) is 2.96. The Kier molecular flexibility index (Phi) is 4.86. The Labute approximate surface area is 123 Å². The summed E-state index contributed by atoms with van der Waals surface area (Å²) in [7, 11) is 1.94. The molecule has 0 saturated carbocycles. The van der Waals surface area contributed by atoms with Crippen molar-refractivity contribution in [1.29, 1.82) is 0 Å². The summed E-state index contributed by atoms with van der Waals surface area (Å²) in [5, 5.41) is 8.76. The fourth-order valence-corrected chi connectivity index (χ4v) is 2.34. The molecule has 5 heteroatoms. The highest BCUT2D eigenvalue weighted by Gasteiger charge is 2.12. The molecule has 0 radical (unpaired) electrons. The molecule has 1 atom stereocenters. The van der Waals surface area contributed by atoms with E-state index in [9.17, 15) is 0 Å².